The summed E-state index contributed by atoms with van der Waals surface area (Å²) in [4.78, 5) is 14.9. The fourth-order valence-corrected chi connectivity index (χ4v) is 4.16. The largest absolute Gasteiger partial charge is 0.478 e. The molecule has 3 rings (SSSR count). The maximum Gasteiger partial charge on any atom is 0.335 e. The Morgan fingerprint density at radius 1 is 1.40 bits per heavy atom. The molecule has 1 aromatic heterocycles. The maximum atomic E-state index is 11.2. The van der Waals surface area contributed by atoms with Crippen molar-refractivity contribution in [1.82, 2.24) is 4.90 Å². The second-order valence-corrected chi connectivity index (χ2v) is 6.76. The average Bonchev–Trinajstić information content (AvgIpc) is 2.83. The van der Waals surface area contributed by atoms with Crippen LogP contribution in [0.4, 0.5) is 0 Å². The Morgan fingerprint density at radius 3 is 2.95 bits per heavy atom. The van der Waals surface area contributed by atoms with E-state index in [0.717, 1.165) is 41.7 Å². The summed E-state index contributed by atoms with van der Waals surface area (Å²) in [6.45, 7) is 2.64. The molecule has 1 aliphatic heterocycles. The molecule has 3 nitrogen and oxygen atoms in total. The van der Waals surface area contributed by atoms with Crippen molar-refractivity contribution in [3.8, 4) is 0 Å². The van der Waals surface area contributed by atoms with Gasteiger partial charge in [0.1, 0.15) is 0 Å². The standard InChI is InChI=1S/C15H14BrNO2S/c16-13-5-7-20-14(13)9-17-6-4-11-10(8-17)2-1-3-12(11)15(18)19/h1-3,5,7H,4,6,8-9H2,(H,18,19). The number of benzene rings is 1. The molecule has 0 spiro atoms. The number of fused-ring (bicyclic) bond motifs is 1. The van der Waals surface area contributed by atoms with E-state index in [1.807, 2.05) is 12.1 Å². The molecule has 5 heteroatoms. The Morgan fingerprint density at radius 2 is 2.25 bits per heavy atom. The predicted molar refractivity (Wildman–Crippen MR) is 83.2 cm³/mol. The summed E-state index contributed by atoms with van der Waals surface area (Å²) in [5, 5.41) is 11.3. The second-order valence-electron chi connectivity index (χ2n) is 4.90. The molecule has 1 aromatic carbocycles. The zero-order chi connectivity index (χ0) is 14.1. The first-order valence-corrected chi connectivity index (χ1v) is 8.10. The van der Waals surface area contributed by atoms with Crippen LogP contribution in [-0.4, -0.2) is 22.5 Å². The molecule has 2 heterocycles. The van der Waals surface area contributed by atoms with Crippen molar-refractivity contribution in [2.24, 2.45) is 0 Å². The lowest BCUT2D eigenvalue weighted by Crippen LogP contribution is -2.31. The number of rotatable bonds is 3. The van der Waals surface area contributed by atoms with Gasteiger partial charge in [0.05, 0.1) is 5.56 Å². The van der Waals surface area contributed by atoms with Crippen LogP contribution in [0, 0.1) is 0 Å². The van der Waals surface area contributed by atoms with E-state index < -0.39 is 5.97 Å². The second kappa shape index (κ2) is 5.68. The Kier molecular flexibility index (Phi) is 3.92. The van der Waals surface area contributed by atoms with E-state index in [4.69, 9.17) is 0 Å². The van der Waals surface area contributed by atoms with Crippen molar-refractivity contribution in [1.29, 1.82) is 0 Å². The van der Waals surface area contributed by atoms with Crippen molar-refractivity contribution in [2.75, 3.05) is 6.54 Å². The van der Waals surface area contributed by atoms with Crippen LogP contribution in [0.2, 0.25) is 0 Å². The lowest BCUT2D eigenvalue weighted by atomic mass is 9.94. The van der Waals surface area contributed by atoms with Crippen LogP contribution in [-0.2, 0) is 19.5 Å². The van der Waals surface area contributed by atoms with Crippen LogP contribution < -0.4 is 0 Å². The minimum atomic E-state index is -0.823. The van der Waals surface area contributed by atoms with Gasteiger partial charge in [0.2, 0.25) is 0 Å². The van der Waals surface area contributed by atoms with Gasteiger partial charge in [-0.2, -0.15) is 0 Å². The third-order valence-corrected chi connectivity index (χ3v) is 5.54. The van der Waals surface area contributed by atoms with E-state index in [2.05, 4.69) is 32.3 Å². The van der Waals surface area contributed by atoms with Gasteiger partial charge in [-0.05, 0) is 51.0 Å². The Balaban J connectivity index is 1.81. The number of halogens is 1. The summed E-state index contributed by atoms with van der Waals surface area (Å²) in [7, 11) is 0. The molecule has 1 aliphatic rings. The predicted octanol–water partition coefficient (Wildman–Crippen LogP) is 3.77. The highest BCUT2D eigenvalue weighted by atomic mass is 79.9. The molecule has 2 aromatic rings. The van der Waals surface area contributed by atoms with Gasteiger partial charge < -0.3 is 5.11 Å². The van der Waals surface area contributed by atoms with Gasteiger partial charge >= 0.3 is 5.97 Å². The Hall–Kier alpha value is -1.17. The summed E-state index contributed by atoms with van der Waals surface area (Å²) in [6, 6.07) is 7.65. The average molecular weight is 352 g/mol. The van der Waals surface area contributed by atoms with E-state index in [0.29, 0.717) is 5.56 Å². The van der Waals surface area contributed by atoms with Crippen LogP contribution >= 0.6 is 27.3 Å². The lowest BCUT2D eigenvalue weighted by molar-refractivity contribution is 0.0694. The summed E-state index contributed by atoms with van der Waals surface area (Å²) >= 11 is 5.31. The van der Waals surface area contributed by atoms with E-state index in [1.165, 1.54) is 4.88 Å². The third-order valence-electron chi connectivity index (χ3n) is 3.63. The van der Waals surface area contributed by atoms with Crippen LogP contribution in [0.5, 0.6) is 0 Å². The van der Waals surface area contributed by atoms with Crippen molar-refractivity contribution in [3.63, 3.8) is 0 Å². The van der Waals surface area contributed by atoms with Crippen LogP contribution in [0.3, 0.4) is 0 Å². The van der Waals surface area contributed by atoms with Gasteiger partial charge in [-0.15, -0.1) is 11.3 Å². The highest BCUT2D eigenvalue weighted by molar-refractivity contribution is 9.10. The zero-order valence-corrected chi connectivity index (χ0v) is 13.2. The van der Waals surface area contributed by atoms with Gasteiger partial charge in [-0.25, -0.2) is 4.79 Å². The van der Waals surface area contributed by atoms with Crippen molar-refractivity contribution in [3.05, 3.63) is 55.7 Å². The lowest BCUT2D eigenvalue weighted by Gasteiger charge is -2.29. The van der Waals surface area contributed by atoms with Gasteiger partial charge in [-0.3, -0.25) is 4.90 Å². The van der Waals surface area contributed by atoms with Crippen LogP contribution in [0.1, 0.15) is 26.4 Å². The molecule has 20 heavy (non-hydrogen) atoms. The number of carboxylic acids is 1. The molecular weight excluding hydrogens is 338 g/mol. The van der Waals surface area contributed by atoms with E-state index in [1.54, 1.807) is 17.4 Å². The minimum Gasteiger partial charge on any atom is -0.478 e. The zero-order valence-electron chi connectivity index (χ0n) is 10.8. The fourth-order valence-electron chi connectivity index (χ4n) is 2.64. The first kappa shape index (κ1) is 13.8. The number of nitrogens with zero attached hydrogens (tertiary/aromatic N) is 1. The van der Waals surface area contributed by atoms with Gasteiger partial charge in [-0.1, -0.05) is 12.1 Å². The van der Waals surface area contributed by atoms with Crippen LogP contribution in [0.25, 0.3) is 0 Å². The SMILES string of the molecule is O=C(O)c1cccc2c1CCN(Cc1sccc1Br)C2. The number of carboxylic acid groups (broad SMARTS) is 1. The molecule has 1 N–H and O–H groups in total. The van der Waals surface area contributed by atoms with Crippen molar-refractivity contribution in [2.45, 2.75) is 19.5 Å². The Bertz CT molecular complexity index is 653. The Labute approximate surface area is 130 Å². The first-order chi connectivity index (χ1) is 9.65. The van der Waals surface area contributed by atoms with E-state index in [-0.39, 0.29) is 0 Å². The number of hydrogen-bond donors (Lipinski definition) is 1. The summed E-state index contributed by atoms with van der Waals surface area (Å²) in [5.41, 5.74) is 2.60. The molecular formula is C15H14BrNO2S. The summed E-state index contributed by atoms with van der Waals surface area (Å²) in [5.74, 6) is -0.823. The summed E-state index contributed by atoms with van der Waals surface area (Å²) in [6.07, 6.45) is 0.806. The maximum absolute atomic E-state index is 11.2. The molecule has 0 fully saturated rings. The molecule has 0 atom stereocenters. The first-order valence-electron chi connectivity index (χ1n) is 6.43. The molecule has 0 saturated heterocycles. The monoisotopic (exact) mass is 351 g/mol. The van der Waals surface area contributed by atoms with Crippen molar-refractivity contribution < 1.29 is 9.90 Å². The van der Waals surface area contributed by atoms with Gasteiger partial charge in [0.15, 0.2) is 0 Å². The summed E-state index contributed by atoms with van der Waals surface area (Å²) < 4.78 is 1.16. The molecule has 0 aliphatic carbocycles. The van der Waals surface area contributed by atoms with Crippen molar-refractivity contribution >= 4 is 33.2 Å². The fraction of sp³-hybridized carbons (Fsp3) is 0.267. The molecule has 0 amide bonds. The number of thiophene rings is 1. The molecule has 0 bridgehead atoms. The third kappa shape index (κ3) is 2.66. The smallest absolute Gasteiger partial charge is 0.335 e. The van der Waals surface area contributed by atoms with E-state index in [9.17, 15) is 9.90 Å². The number of hydrogen-bond acceptors (Lipinski definition) is 3. The molecule has 104 valence electrons. The topological polar surface area (TPSA) is 40.5 Å². The number of aromatic carboxylic acids is 1. The normalized spacial score (nSPS) is 15.1. The van der Waals surface area contributed by atoms with Gasteiger partial charge in [0, 0.05) is 29.0 Å². The number of carbonyl (C=O) groups is 1. The molecule has 0 radical (unpaired) electrons. The molecule has 0 unspecified atom stereocenters. The minimum absolute atomic E-state index is 0.458. The highest BCUT2D eigenvalue weighted by Gasteiger charge is 2.21. The van der Waals surface area contributed by atoms with Crippen LogP contribution in [0.15, 0.2) is 34.1 Å². The quantitative estimate of drug-likeness (QED) is 0.914. The van der Waals surface area contributed by atoms with E-state index >= 15 is 0 Å². The van der Waals surface area contributed by atoms with Gasteiger partial charge in [0.25, 0.3) is 0 Å². The highest BCUT2D eigenvalue weighted by Crippen LogP contribution is 2.28. The molecule has 0 saturated carbocycles.